The molecule has 3 aliphatic rings. The largest absolute Gasteiger partial charge is 0.356 e. The molecule has 1 N–H and O–H groups in total. The zero-order valence-electron chi connectivity index (χ0n) is 18.2. The fourth-order valence-electron chi connectivity index (χ4n) is 4.94. The zero-order valence-corrected chi connectivity index (χ0v) is 20.5. The Morgan fingerprint density at radius 3 is 2.47 bits per heavy atom. The molecule has 0 saturated carbocycles. The molecule has 0 aliphatic carbocycles. The summed E-state index contributed by atoms with van der Waals surface area (Å²) in [5.74, 6) is 2.00. The predicted octanol–water partition coefficient (Wildman–Crippen LogP) is 2.92. The molecule has 3 aliphatic heterocycles. The zero-order chi connectivity index (χ0) is 20.1. The summed E-state index contributed by atoms with van der Waals surface area (Å²) in [4.78, 5) is 24.0. The van der Waals surface area contributed by atoms with Crippen molar-refractivity contribution in [2.24, 2.45) is 10.9 Å². The van der Waals surface area contributed by atoms with Crippen molar-refractivity contribution in [3.63, 3.8) is 0 Å². The third-order valence-electron chi connectivity index (χ3n) is 6.56. The topological polar surface area (TPSA) is 51.2 Å². The van der Waals surface area contributed by atoms with Crippen LogP contribution < -0.4 is 5.32 Å². The van der Waals surface area contributed by atoms with Crippen LogP contribution in [-0.2, 0) is 17.9 Å². The Morgan fingerprint density at radius 2 is 1.80 bits per heavy atom. The maximum atomic E-state index is 12.5. The molecule has 166 valence electrons. The molecule has 4 rings (SSSR count). The van der Waals surface area contributed by atoms with E-state index in [0.717, 1.165) is 51.0 Å². The van der Waals surface area contributed by atoms with Crippen LogP contribution in [0.5, 0.6) is 0 Å². The van der Waals surface area contributed by atoms with Gasteiger partial charge in [0.15, 0.2) is 5.96 Å². The lowest BCUT2D eigenvalue weighted by molar-refractivity contribution is -0.131. The minimum absolute atomic E-state index is 0. The van der Waals surface area contributed by atoms with Gasteiger partial charge in [-0.25, -0.2) is 0 Å². The minimum Gasteiger partial charge on any atom is -0.356 e. The molecule has 1 aromatic carbocycles. The third-order valence-corrected chi connectivity index (χ3v) is 6.56. The normalized spacial score (nSPS) is 21.6. The van der Waals surface area contributed by atoms with E-state index in [1.165, 1.54) is 50.0 Å². The second kappa shape index (κ2) is 11.3. The van der Waals surface area contributed by atoms with Crippen LogP contribution >= 0.6 is 24.0 Å². The number of fused-ring (bicyclic) bond motifs is 1. The first-order chi connectivity index (χ1) is 14.2. The number of benzene rings is 1. The Kier molecular flexibility index (Phi) is 8.80. The Hall–Kier alpha value is -1.35. The molecule has 3 heterocycles. The Bertz CT molecular complexity index is 709. The molecule has 1 aromatic rings. The maximum absolute atomic E-state index is 12.5. The lowest BCUT2D eigenvalue weighted by Gasteiger charge is -2.23. The number of nitrogens with zero attached hydrogens (tertiary/aromatic N) is 4. The highest BCUT2D eigenvalue weighted by Crippen LogP contribution is 2.23. The first-order valence-electron chi connectivity index (χ1n) is 11.3. The van der Waals surface area contributed by atoms with Crippen LogP contribution in [0.15, 0.2) is 29.3 Å². The predicted molar refractivity (Wildman–Crippen MR) is 132 cm³/mol. The van der Waals surface area contributed by atoms with Crippen molar-refractivity contribution in [3.05, 3.63) is 35.4 Å². The summed E-state index contributed by atoms with van der Waals surface area (Å²) >= 11 is 0. The number of guanidine groups is 1. The van der Waals surface area contributed by atoms with E-state index >= 15 is 0 Å². The highest BCUT2D eigenvalue weighted by Gasteiger charge is 2.27. The van der Waals surface area contributed by atoms with Crippen LogP contribution in [0.3, 0.4) is 0 Å². The monoisotopic (exact) mass is 525 g/mol. The standard InChI is InChI=1S/C23H35N5O.HI/c1-24-23(27-14-10-19(16-27)15-26-12-4-5-13-26)25-11-6-9-22(29)28-17-20-7-2-3-8-21(20)18-28;/h2-3,7-8,19H,4-6,9-18H2,1H3,(H,24,25);1H. The lowest BCUT2D eigenvalue weighted by atomic mass is 10.1. The van der Waals surface area contributed by atoms with Crippen molar-refractivity contribution >= 4 is 35.8 Å². The van der Waals surface area contributed by atoms with E-state index in [0.29, 0.717) is 6.42 Å². The van der Waals surface area contributed by atoms with Crippen LogP contribution in [0.1, 0.15) is 43.2 Å². The van der Waals surface area contributed by atoms with Crippen LogP contribution in [-0.4, -0.2) is 72.9 Å². The van der Waals surface area contributed by atoms with Gasteiger partial charge in [-0.15, -0.1) is 24.0 Å². The number of hydrogen-bond acceptors (Lipinski definition) is 3. The number of aliphatic imine (C=N–C) groups is 1. The molecule has 0 radical (unpaired) electrons. The van der Waals surface area contributed by atoms with Crippen LogP contribution in [0.2, 0.25) is 0 Å². The highest BCUT2D eigenvalue weighted by molar-refractivity contribution is 14.0. The van der Waals surface area contributed by atoms with Gasteiger partial charge >= 0.3 is 0 Å². The molecule has 2 saturated heterocycles. The molecule has 6 nitrogen and oxygen atoms in total. The third kappa shape index (κ3) is 5.87. The summed E-state index contributed by atoms with van der Waals surface area (Å²) in [5, 5.41) is 3.48. The van der Waals surface area contributed by atoms with Crippen LogP contribution in [0.4, 0.5) is 0 Å². The summed E-state index contributed by atoms with van der Waals surface area (Å²) in [6, 6.07) is 8.36. The van der Waals surface area contributed by atoms with Crippen molar-refractivity contribution < 1.29 is 4.79 Å². The fraction of sp³-hybridized carbons (Fsp3) is 0.652. The lowest BCUT2D eigenvalue weighted by Crippen LogP contribution is -2.41. The minimum atomic E-state index is 0. The summed E-state index contributed by atoms with van der Waals surface area (Å²) in [6.07, 6.45) is 5.42. The fourth-order valence-corrected chi connectivity index (χ4v) is 4.94. The average Bonchev–Trinajstić information content (AvgIpc) is 3.49. The van der Waals surface area contributed by atoms with Crippen molar-refractivity contribution in [1.29, 1.82) is 0 Å². The van der Waals surface area contributed by atoms with Crippen molar-refractivity contribution in [1.82, 2.24) is 20.0 Å². The van der Waals surface area contributed by atoms with Crippen LogP contribution in [0.25, 0.3) is 0 Å². The number of carbonyl (C=O) groups excluding carboxylic acids is 1. The molecule has 0 spiro atoms. The van der Waals surface area contributed by atoms with Gasteiger partial charge in [0.05, 0.1) is 0 Å². The number of carbonyl (C=O) groups is 1. The van der Waals surface area contributed by atoms with Gasteiger partial charge in [0.2, 0.25) is 5.91 Å². The van der Waals surface area contributed by atoms with Gasteiger partial charge in [-0.1, -0.05) is 24.3 Å². The molecule has 1 atom stereocenters. The molecule has 0 aromatic heterocycles. The summed E-state index contributed by atoms with van der Waals surface area (Å²) in [6.45, 7) is 8.29. The quantitative estimate of drug-likeness (QED) is 0.269. The van der Waals surface area contributed by atoms with E-state index in [-0.39, 0.29) is 29.9 Å². The SMILES string of the molecule is CN=C(NCCCC(=O)N1Cc2ccccc2C1)N1CCC(CN2CCCC2)C1.I. The van der Waals surface area contributed by atoms with Gasteiger partial charge in [-0.3, -0.25) is 9.79 Å². The van der Waals surface area contributed by atoms with Gasteiger partial charge in [-0.2, -0.15) is 0 Å². The summed E-state index contributed by atoms with van der Waals surface area (Å²) in [7, 11) is 1.86. The summed E-state index contributed by atoms with van der Waals surface area (Å²) < 4.78 is 0. The van der Waals surface area contributed by atoms with Gasteiger partial charge in [0.1, 0.15) is 0 Å². The van der Waals surface area contributed by atoms with Gasteiger partial charge in [0.25, 0.3) is 0 Å². The van der Waals surface area contributed by atoms with Crippen LogP contribution in [0, 0.1) is 5.92 Å². The maximum Gasteiger partial charge on any atom is 0.223 e. The van der Waals surface area contributed by atoms with E-state index in [4.69, 9.17) is 0 Å². The number of rotatable bonds is 6. The molecule has 2 fully saturated rings. The second-order valence-corrected chi connectivity index (χ2v) is 8.70. The highest BCUT2D eigenvalue weighted by atomic mass is 127. The van der Waals surface area contributed by atoms with Gasteiger partial charge in [-0.05, 0) is 55.8 Å². The molecular weight excluding hydrogens is 489 g/mol. The van der Waals surface area contributed by atoms with E-state index in [1.807, 2.05) is 11.9 Å². The Morgan fingerprint density at radius 1 is 1.10 bits per heavy atom. The molecule has 1 amide bonds. The Labute approximate surface area is 198 Å². The smallest absolute Gasteiger partial charge is 0.223 e. The average molecular weight is 525 g/mol. The first kappa shape index (κ1) is 23.3. The summed E-state index contributed by atoms with van der Waals surface area (Å²) in [5.41, 5.74) is 2.58. The molecule has 0 bridgehead atoms. The van der Waals surface area contributed by atoms with Crippen molar-refractivity contribution in [2.75, 3.05) is 46.3 Å². The van der Waals surface area contributed by atoms with E-state index in [2.05, 4.69) is 44.4 Å². The van der Waals surface area contributed by atoms with E-state index in [9.17, 15) is 4.79 Å². The second-order valence-electron chi connectivity index (χ2n) is 8.70. The number of halogens is 1. The number of likely N-dealkylation sites (tertiary alicyclic amines) is 2. The molecule has 1 unspecified atom stereocenters. The molecule has 7 heteroatoms. The van der Waals surface area contributed by atoms with Crippen molar-refractivity contribution in [2.45, 2.75) is 45.2 Å². The number of amides is 1. The first-order valence-corrected chi connectivity index (χ1v) is 11.3. The number of hydrogen-bond donors (Lipinski definition) is 1. The van der Waals surface area contributed by atoms with Gasteiger partial charge < -0.3 is 20.0 Å². The van der Waals surface area contributed by atoms with Gasteiger partial charge in [0, 0.05) is 52.7 Å². The molecular formula is C23H36IN5O. The van der Waals surface area contributed by atoms with Crippen molar-refractivity contribution in [3.8, 4) is 0 Å². The van der Waals surface area contributed by atoms with E-state index < -0.39 is 0 Å². The van der Waals surface area contributed by atoms with E-state index in [1.54, 1.807) is 0 Å². The Balaban J connectivity index is 0.00000256. The number of nitrogens with one attached hydrogen (secondary N) is 1. The molecule has 30 heavy (non-hydrogen) atoms.